The topological polar surface area (TPSA) is 305 Å². The normalized spacial score (nSPS) is 33.5. The van der Waals surface area contributed by atoms with Gasteiger partial charge in [0.25, 0.3) is 5.56 Å². The van der Waals surface area contributed by atoms with Crippen molar-refractivity contribution < 1.29 is 72.7 Å². The lowest BCUT2D eigenvalue weighted by Gasteiger charge is -2.40. The second kappa shape index (κ2) is 13.8. The molecular formula is C22H30N2O17P2S. The molecule has 0 bridgehead atoms. The first-order valence-electron chi connectivity index (χ1n) is 12.8. The van der Waals surface area contributed by atoms with Gasteiger partial charge < -0.3 is 49.9 Å². The number of hydrogen-bond donors (Lipinski definition) is 9. The van der Waals surface area contributed by atoms with Crippen molar-refractivity contribution in [2.24, 2.45) is 0 Å². The minimum atomic E-state index is -5.36. The van der Waals surface area contributed by atoms with Gasteiger partial charge >= 0.3 is 21.1 Å². The van der Waals surface area contributed by atoms with Crippen molar-refractivity contribution in [3.05, 3.63) is 44.0 Å². The third-order valence-corrected chi connectivity index (χ3v) is 11.1. The maximum absolute atomic E-state index is 12.5. The number of rotatable bonds is 12. The van der Waals surface area contributed by atoms with Crippen LogP contribution >= 0.6 is 26.8 Å². The van der Waals surface area contributed by atoms with E-state index in [1.807, 2.05) is 4.98 Å². The van der Waals surface area contributed by atoms with Crippen molar-refractivity contribution in [2.45, 2.75) is 61.5 Å². The Morgan fingerprint density at radius 1 is 0.955 bits per heavy atom. The Labute approximate surface area is 250 Å². The summed E-state index contributed by atoms with van der Waals surface area (Å²) in [5.74, 6) is 0. The van der Waals surface area contributed by atoms with Crippen molar-refractivity contribution in [2.75, 3.05) is 19.4 Å². The quantitative estimate of drug-likeness (QED) is 0.0806. The molecule has 0 spiro atoms. The second-order valence-electron chi connectivity index (χ2n) is 9.94. The van der Waals surface area contributed by atoms with Crippen molar-refractivity contribution >= 4 is 33.0 Å². The van der Waals surface area contributed by atoms with E-state index in [9.17, 15) is 63.9 Å². The van der Waals surface area contributed by atoms with Gasteiger partial charge in [0, 0.05) is 11.1 Å². The van der Waals surface area contributed by atoms with Crippen LogP contribution in [0.5, 0.6) is 0 Å². The molecule has 44 heavy (non-hydrogen) atoms. The van der Waals surface area contributed by atoms with E-state index in [2.05, 4.69) is 8.83 Å². The summed E-state index contributed by atoms with van der Waals surface area (Å²) in [6.07, 6.45) is -14.5. The molecular weight excluding hydrogens is 658 g/mol. The van der Waals surface area contributed by atoms with Crippen LogP contribution in [-0.4, -0.2) is 124 Å². The van der Waals surface area contributed by atoms with E-state index >= 15 is 0 Å². The summed E-state index contributed by atoms with van der Waals surface area (Å²) in [5.41, 5.74) is -1.92. The van der Waals surface area contributed by atoms with Crippen LogP contribution in [0.1, 0.15) is 22.3 Å². The minimum Gasteiger partial charge on any atom is -0.394 e. The summed E-state index contributed by atoms with van der Waals surface area (Å²) < 4.78 is 45.4. The number of aliphatic hydroxyl groups is 6. The summed E-state index contributed by atoms with van der Waals surface area (Å²) in [4.78, 5) is 58.6. The highest BCUT2D eigenvalue weighted by molar-refractivity contribution is 7.64. The molecule has 0 saturated carbocycles. The van der Waals surface area contributed by atoms with E-state index in [0.717, 1.165) is 22.1 Å². The van der Waals surface area contributed by atoms with Crippen molar-refractivity contribution in [3.8, 4) is 10.4 Å². The fourth-order valence-corrected chi connectivity index (χ4v) is 8.16. The van der Waals surface area contributed by atoms with Crippen LogP contribution in [0.4, 0.5) is 0 Å². The largest absolute Gasteiger partial charge is 0.479 e. The number of nitrogens with one attached hydrogen (secondary N) is 1. The van der Waals surface area contributed by atoms with E-state index in [-0.39, 0.29) is 5.56 Å². The molecule has 11 atom stereocenters. The number of aromatic amines is 1. The molecule has 2 saturated heterocycles. The number of nitrogens with zero attached hydrogens (tertiary/aromatic N) is 1. The first-order valence-corrected chi connectivity index (χ1v) is 16.9. The molecule has 4 rings (SSSR count). The molecule has 19 nitrogen and oxygen atoms in total. The smallest absolute Gasteiger partial charge is 0.394 e. The Bertz CT molecular complexity index is 1540. The predicted octanol–water partition coefficient (Wildman–Crippen LogP) is -2.75. The van der Waals surface area contributed by atoms with Crippen molar-refractivity contribution in [1.29, 1.82) is 0 Å². The summed E-state index contributed by atoms with van der Waals surface area (Å²) in [6, 6.07) is 2.89. The van der Waals surface area contributed by atoms with Gasteiger partial charge in [0.15, 0.2) is 12.5 Å². The first kappa shape index (κ1) is 34.9. The highest BCUT2D eigenvalue weighted by atomic mass is 32.1. The van der Waals surface area contributed by atoms with Crippen LogP contribution in [0.3, 0.4) is 0 Å². The molecule has 2 aliphatic rings. The summed E-state index contributed by atoms with van der Waals surface area (Å²) >= 11 is 0.944. The number of carbonyl (C=O) groups excluding carboxylic acids is 1. The fraction of sp³-hybridized carbons (Fsp3) is 0.591. The number of carbonyl (C=O) groups is 1. The van der Waals surface area contributed by atoms with Gasteiger partial charge in [0.05, 0.1) is 35.9 Å². The van der Waals surface area contributed by atoms with Gasteiger partial charge in [-0.2, -0.15) is 0 Å². The zero-order valence-corrected chi connectivity index (χ0v) is 24.9. The van der Waals surface area contributed by atoms with E-state index in [0.29, 0.717) is 16.0 Å². The third kappa shape index (κ3) is 7.69. The van der Waals surface area contributed by atoms with Crippen LogP contribution < -0.4 is 11.2 Å². The molecule has 0 aliphatic carbocycles. The van der Waals surface area contributed by atoms with Crippen LogP contribution in [-0.2, 0) is 27.4 Å². The number of phosphoric acid groups is 1. The number of aldehydes is 1. The van der Waals surface area contributed by atoms with E-state index < -0.39 is 108 Å². The van der Waals surface area contributed by atoms with Crippen LogP contribution in [0.15, 0.2) is 27.9 Å². The monoisotopic (exact) mass is 688 g/mol. The molecule has 2 aromatic heterocycles. The standard InChI is InChI=1S/C22H30N2O17P2S/c25-6-9-1-2-14(44-9)10-5-24(22(33)23-20(10)32)21-19(31)17(29)13(40-21)8-38-43(36,37)41-42(34,35)4-3-11-15(27)18(30)16(28)12(7-26)39-11/h1-2,5-6,11-13,15-19,21,26-31H,3-4,7-8H2,(H,34,35)(H,36,37)(H,23,32,33)/t11-,12-,13-,15+,16+,17-,18-,19-,21-/m1/s1. The number of aliphatic hydroxyl groups excluding tert-OH is 6. The Balaban J connectivity index is 1.38. The Hall–Kier alpha value is -1.97. The molecule has 0 amide bonds. The molecule has 4 heterocycles. The van der Waals surface area contributed by atoms with Gasteiger partial charge in [-0.05, 0) is 18.6 Å². The molecule has 2 fully saturated rings. The van der Waals surface area contributed by atoms with Gasteiger partial charge in [0.1, 0.15) is 42.7 Å². The number of aromatic nitrogens is 2. The maximum Gasteiger partial charge on any atom is 0.479 e. The van der Waals surface area contributed by atoms with E-state index in [1.165, 1.54) is 12.1 Å². The van der Waals surface area contributed by atoms with E-state index in [1.54, 1.807) is 0 Å². The third-order valence-electron chi connectivity index (χ3n) is 6.91. The molecule has 0 radical (unpaired) electrons. The lowest BCUT2D eigenvalue weighted by molar-refractivity contribution is -0.229. The predicted molar refractivity (Wildman–Crippen MR) is 146 cm³/mol. The lowest BCUT2D eigenvalue weighted by Crippen LogP contribution is -2.58. The SMILES string of the molecule is O=Cc1ccc(-c2cn([C@@H]3O[C@H](COP(=O)(O)OP(=O)(O)CC[C@H]4O[C@H](CO)[C@H](O)[C@H](O)[C@H]4O)[C@@H](O)[C@H]3O)c(=O)[nH]c2=O)s1. The molecule has 9 N–H and O–H groups in total. The van der Waals surface area contributed by atoms with Gasteiger partial charge in [-0.3, -0.25) is 28.2 Å². The number of phosphoric ester groups is 1. The highest BCUT2D eigenvalue weighted by Gasteiger charge is 2.47. The number of thiophene rings is 1. The summed E-state index contributed by atoms with van der Waals surface area (Å²) in [7, 11) is -10.3. The van der Waals surface area contributed by atoms with Crippen LogP contribution in [0.25, 0.3) is 10.4 Å². The molecule has 246 valence electrons. The van der Waals surface area contributed by atoms with E-state index in [4.69, 9.17) is 9.47 Å². The maximum atomic E-state index is 12.5. The first-order chi connectivity index (χ1) is 20.6. The molecule has 2 aliphatic heterocycles. The molecule has 0 aromatic carbocycles. The highest BCUT2D eigenvalue weighted by Crippen LogP contribution is 2.60. The van der Waals surface area contributed by atoms with Crippen molar-refractivity contribution in [1.82, 2.24) is 9.55 Å². The zero-order chi connectivity index (χ0) is 32.6. The Morgan fingerprint density at radius 3 is 2.25 bits per heavy atom. The van der Waals surface area contributed by atoms with Crippen LogP contribution in [0.2, 0.25) is 0 Å². The summed E-state index contributed by atoms with van der Waals surface area (Å²) in [5, 5.41) is 59.9. The van der Waals surface area contributed by atoms with Crippen molar-refractivity contribution in [3.63, 3.8) is 0 Å². The number of ether oxygens (including phenoxy) is 2. The average Bonchev–Trinajstić information content (AvgIpc) is 3.54. The van der Waals surface area contributed by atoms with Crippen LogP contribution in [0, 0.1) is 0 Å². The zero-order valence-electron chi connectivity index (χ0n) is 22.3. The molecule has 2 unspecified atom stereocenters. The summed E-state index contributed by atoms with van der Waals surface area (Å²) in [6.45, 7) is -1.73. The second-order valence-corrected chi connectivity index (χ2v) is 14.6. The molecule has 22 heteroatoms. The average molecular weight is 688 g/mol. The minimum absolute atomic E-state index is 0.0663. The van der Waals surface area contributed by atoms with Gasteiger partial charge in [-0.1, -0.05) is 0 Å². The Kier molecular flexibility index (Phi) is 10.9. The van der Waals surface area contributed by atoms with Gasteiger partial charge in [-0.25, -0.2) is 13.7 Å². The lowest BCUT2D eigenvalue weighted by atomic mass is 9.94. The fourth-order valence-electron chi connectivity index (χ4n) is 4.61. The Morgan fingerprint density at radius 2 is 1.61 bits per heavy atom. The molecule has 2 aromatic rings. The van der Waals surface area contributed by atoms with Gasteiger partial charge in [0.2, 0.25) is 0 Å². The number of hydrogen-bond acceptors (Lipinski definition) is 16. The van der Waals surface area contributed by atoms with Gasteiger partial charge in [-0.15, -0.1) is 11.3 Å². The number of H-pyrrole nitrogens is 1.